The van der Waals surface area contributed by atoms with E-state index in [2.05, 4.69) is 5.32 Å². The van der Waals surface area contributed by atoms with Crippen molar-refractivity contribution >= 4 is 35.4 Å². The number of Topliss-reactive ketones (excluding diaryl/α,β-unsaturated/α-hetero) is 1. The maximum Gasteiger partial charge on any atom is 0.263 e. The summed E-state index contributed by atoms with van der Waals surface area (Å²) < 4.78 is 0. The predicted octanol–water partition coefficient (Wildman–Crippen LogP) is 2.44. The summed E-state index contributed by atoms with van der Waals surface area (Å²) in [5.74, 6) is 0.621. The van der Waals surface area contributed by atoms with Gasteiger partial charge in [-0.1, -0.05) is 0 Å². The molecule has 1 aromatic heterocycles. The summed E-state index contributed by atoms with van der Waals surface area (Å²) in [7, 11) is 1.94. The molecule has 0 aliphatic carbocycles. The maximum atomic E-state index is 12.4. The highest BCUT2D eigenvalue weighted by molar-refractivity contribution is 7.12. The Balaban J connectivity index is 0.00000200. The molecule has 1 aliphatic rings. The minimum atomic E-state index is 0. The van der Waals surface area contributed by atoms with Crippen molar-refractivity contribution in [3.63, 3.8) is 0 Å². The van der Waals surface area contributed by atoms with Gasteiger partial charge in [0.1, 0.15) is 0 Å². The Morgan fingerprint density at radius 3 is 2.85 bits per heavy atom. The lowest BCUT2D eigenvalue weighted by Crippen LogP contribution is -2.42. The molecule has 0 radical (unpaired) electrons. The fraction of sp³-hybridized carbons (Fsp3) is 0.571. The molecule has 2 rings (SSSR count). The van der Waals surface area contributed by atoms with E-state index >= 15 is 0 Å². The molecule has 1 saturated heterocycles. The van der Waals surface area contributed by atoms with Crippen molar-refractivity contribution in [3.05, 3.63) is 21.9 Å². The number of piperidine rings is 1. The molecule has 0 saturated carbocycles. The summed E-state index contributed by atoms with van der Waals surface area (Å²) >= 11 is 1.37. The van der Waals surface area contributed by atoms with E-state index in [9.17, 15) is 9.59 Å². The van der Waals surface area contributed by atoms with E-state index in [0.29, 0.717) is 16.4 Å². The van der Waals surface area contributed by atoms with Crippen LogP contribution in [0, 0.1) is 5.92 Å². The molecule has 6 heteroatoms. The van der Waals surface area contributed by atoms with Gasteiger partial charge in [-0.15, -0.1) is 23.7 Å². The number of nitrogens with zero attached hydrogens (tertiary/aromatic N) is 1. The predicted molar refractivity (Wildman–Crippen MR) is 84.1 cm³/mol. The molecule has 4 nitrogen and oxygen atoms in total. The van der Waals surface area contributed by atoms with Crippen molar-refractivity contribution < 1.29 is 9.59 Å². The van der Waals surface area contributed by atoms with Crippen LogP contribution in [0.25, 0.3) is 0 Å². The Labute approximate surface area is 130 Å². The highest BCUT2D eigenvalue weighted by Gasteiger charge is 2.25. The first-order valence-electron chi connectivity index (χ1n) is 6.65. The second kappa shape index (κ2) is 7.76. The summed E-state index contributed by atoms with van der Waals surface area (Å²) in [6, 6.07) is 1.72. The van der Waals surface area contributed by atoms with Crippen molar-refractivity contribution in [2.24, 2.45) is 5.92 Å². The van der Waals surface area contributed by atoms with Crippen molar-refractivity contribution in [1.29, 1.82) is 0 Å². The van der Waals surface area contributed by atoms with Crippen LogP contribution in [0.5, 0.6) is 0 Å². The zero-order valence-electron chi connectivity index (χ0n) is 11.8. The van der Waals surface area contributed by atoms with E-state index in [1.165, 1.54) is 24.7 Å². The summed E-state index contributed by atoms with van der Waals surface area (Å²) in [4.78, 5) is 26.3. The van der Waals surface area contributed by atoms with E-state index in [1.54, 1.807) is 11.4 Å². The fourth-order valence-electron chi connectivity index (χ4n) is 2.49. The first-order chi connectivity index (χ1) is 9.11. The van der Waals surface area contributed by atoms with Gasteiger partial charge in [-0.3, -0.25) is 9.59 Å². The molecule has 0 bridgehead atoms. The minimum absolute atomic E-state index is 0. The zero-order chi connectivity index (χ0) is 13.8. The van der Waals surface area contributed by atoms with Gasteiger partial charge in [0, 0.05) is 24.0 Å². The van der Waals surface area contributed by atoms with E-state index < -0.39 is 0 Å². The average Bonchev–Trinajstić information content (AvgIpc) is 2.88. The summed E-state index contributed by atoms with van der Waals surface area (Å²) in [5, 5.41) is 4.94. The number of nitrogens with one attached hydrogen (secondary N) is 1. The smallest absolute Gasteiger partial charge is 0.263 e. The molecule has 1 fully saturated rings. The lowest BCUT2D eigenvalue weighted by atomic mass is 9.98. The number of hydrogen-bond donors (Lipinski definition) is 1. The van der Waals surface area contributed by atoms with Crippen LogP contribution in [0.1, 0.15) is 39.8 Å². The maximum absolute atomic E-state index is 12.4. The topological polar surface area (TPSA) is 49.4 Å². The molecule has 0 spiro atoms. The van der Waals surface area contributed by atoms with Gasteiger partial charge >= 0.3 is 0 Å². The van der Waals surface area contributed by atoms with Crippen LogP contribution in [0.4, 0.5) is 0 Å². The molecular weight excluding hydrogens is 296 g/mol. The molecule has 1 aliphatic heterocycles. The van der Waals surface area contributed by atoms with Gasteiger partial charge in [-0.2, -0.15) is 0 Å². The molecule has 1 aromatic rings. The number of amides is 1. The largest absolute Gasteiger partial charge is 0.338 e. The van der Waals surface area contributed by atoms with Gasteiger partial charge < -0.3 is 10.2 Å². The van der Waals surface area contributed by atoms with Crippen LogP contribution in [0.2, 0.25) is 0 Å². The van der Waals surface area contributed by atoms with Crippen LogP contribution < -0.4 is 5.32 Å². The average molecular weight is 317 g/mol. The van der Waals surface area contributed by atoms with Crippen molar-refractivity contribution in [2.75, 3.05) is 26.7 Å². The van der Waals surface area contributed by atoms with E-state index in [4.69, 9.17) is 0 Å². The Hall–Kier alpha value is -0.910. The Morgan fingerprint density at radius 2 is 2.25 bits per heavy atom. The van der Waals surface area contributed by atoms with Crippen LogP contribution in [0.15, 0.2) is 11.4 Å². The normalized spacial score (nSPS) is 18.5. The van der Waals surface area contributed by atoms with Crippen LogP contribution >= 0.6 is 23.7 Å². The van der Waals surface area contributed by atoms with Crippen molar-refractivity contribution in [1.82, 2.24) is 10.2 Å². The molecule has 1 unspecified atom stereocenters. The third-order valence-electron chi connectivity index (χ3n) is 3.52. The van der Waals surface area contributed by atoms with Gasteiger partial charge in [0.05, 0.1) is 4.88 Å². The number of halogens is 1. The Morgan fingerprint density at radius 1 is 1.50 bits per heavy atom. The molecule has 0 aromatic carbocycles. The highest BCUT2D eigenvalue weighted by Crippen LogP contribution is 2.22. The monoisotopic (exact) mass is 316 g/mol. The van der Waals surface area contributed by atoms with Crippen LogP contribution in [-0.4, -0.2) is 43.3 Å². The van der Waals surface area contributed by atoms with Crippen LogP contribution in [-0.2, 0) is 0 Å². The number of likely N-dealkylation sites (tertiary alicyclic amines) is 1. The standard InChI is InChI=1S/C14H20N2O2S.ClH/c1-10(17)12-6-13(19-9-12)14(18)16-5-3-4-11(8-16)7-15-2;/h6,9,11,15H,3-5,7-8H2,1-2H3;1H. The van der Waals surface area contributed by atoms with Gasteiger partial charge in [-0.05, 0) is 45.3 Å². The SMILES string of the molecule is CNCC1CCCN(C(=O)c2cc(C(C)=O)cs2)C1.Cl. The van der Waals surface area contributed by atoms with Crippen LogP contribution in [0.3, 0.4) is 0 Å². The fourth-order valence-corrected chi connectivity index (χ4v) is 3.41. The first kappa shape index (κ1) is 17.1. The van der Waals surface area contributed by atoms with E-state index in [-0.39, 0.29) is 24.1 Å². The lowest BCUT2D eigenvalue weighted by molar-refractivity contribution is 0.0679. The Bertz CT molecular complexity index is 473. The summed E-state index contributed by atoms with van der Waals surface area (Å²) in [6.07, 6.45) is 2.23. The second-order valence-electron chi connectivity index (χ2n) is 5.07. The summed E-state index contributed by atoms with van der Waals surface area (Å²) in [5.41, 5.74) is 0.636. The van der Waals surface area contributed by atoms with Gasteiger partial charge in [0.15, 0.2) is 5.78 Å². The second-order valence-corrected chi connectivity index (χ2v) is 5.98. The highest BCUT2D eigenvalue weighted by atomic mass is 35.5. The third kappa shape index (κ3) is 4.04. The number of rotatable bonds is 4. The quantitative estimate of drug-likeness (QED) is 0.868. The number of carbonyl (C=O) groups is 2. The first-order valence-corrected chi connectivity index (χ1v) is 7.53. The molecule has 20 heavy (non-hydrogen) atoms. The minimum Gasteiger partial charge on any atom is -0.338 e. The van der Waals surface area contributed by atoms with E-state index in [1.807, 2.05) is 11.9 Å². The number of carbonyl (C=O) groups excluding carboxylic acids is 2. The van der Waals surface area contributed by atoms with Gasteiger partial charge in [0.25, 0.3) is 5.91 Å². The van der Waals surface area contributed by atoms with Gasteiger partial charge in [-0.25, -0.2) is 0 Å². The molecule has 2 heterocycles. The molecule has 1 amide bonds. The molecule has 112 valence electrons. The molecule has 1 N–H and O–H groups in total. The zero-order valence-corrected chi connectivity index (χ0v) is 13.5. The Kier molecular flexibility index (Phi) is 6.65. The molecular formula is C14H21ClN2O2S. The van der Waals surface area contributed by atoms with Gasteiger partial charge in [0.2, 0.25) is 0 Å². The number of ketones is 1. The van der Waals surface area contributed by atoms with E-state index in [0.717, 1.165) is 26.1 Å². The number of hydrogen-bond acceptors (Lipinski definition) is 4. The third-order valence-corrected chi connectivity index (χ3v) is 4.43. The lowest BCUT2D eigenvalue weighted by Gasteiger charge is -2.32. The summed E-state index contributed by atoms with van der Waals surface area (Å²) in [6.45, 7) is 4.12. The van der Waals surface area contributed by atoms with Crippen molar-refractivity contribution in [3.8, 4) is 0 Å². The van der Waals surface area contributed by atoms with Crippen molar-refractivity contribution in [2.45, 2.75) is 19.8 Å². The molecule has 1 atom stereocenters. The number of thiophene rings is 1.